The summed E-state index contributed by atoms with van der Waals surface area (Å²) in [5, 5.41) is 2.94. The van der Waals surface area contributed by atoms with Gasteiger partial charge >= 0.3 is 0 Å². The van der Waals surface area contributed by atoms with Crippen molar-refractivity contribution in [3.8, 4) is 11.5 Å². The van der Waals surface area contributed by atoms with Crippen LogP contribution in [0.1, 0.15) is 12.0 Å². The van der Waals surface area contributed by atoms with Crippen LogP contribution in [-0.4, -0.2) is 26.7 Å². The number of para-hydroxylation sites is 1. The lowest BCUT2D eigenvalue weighted by Crippen LogP contribution is -2.27. The first-order chi connectivity index (χ1) is 14.2. The Hall–Kier alpha value is -3.47. The second-order valence-electron chi connectivity index (χ2n) is 6.61. The smallest absolute Gasteiger partial charge is 0.226 e. The molecule has 0 radical (unpaired) electrons. The highest BCUT2D eigenvalue weighted by Gasteiger charge is 2.12. The number of ether oxygens (including phenoxy) is 2. The van der Waals surface area contributed by atoms with Gasteiger partial charge in [-0.15, -0.1) is 0 Å². The monoisotopic (exact) mass is 390 g/mol. The quantitative estimate of drug-likeness (QED) is 0.573. The molecule has 0 saturated carbocycles. The number of hydrogen-bond acceptors (Lipinski definition) is 4. The molecule has 0 atom stereocenters. The van der Waals surface area contributed by atoms with Crippen molar-refractivity contribution in [1.82, 2.24) is 0 Å². The molecule has 0 aromatic heterocycles. The van der Waals surface area contributed by atoms with Crippen molar-refractivity contribution in [1.29, 1.82) is 0 Å². The van der Waals surface area contributed by atoms with Gasteiger partial charge in [-0.3, -0.25) is 4.79 Å². The lowest BCUT2D eigenvalue weighted by atomic mass is 10.2. The number of benzene rings is 3. The predicted octanol–water partition coefficient (Wildman–Crippen LogP) is 4.74. The van der Waals surface area contributed by atoms with Gasteiger partial charge in [0.2, 0.25) is 5.91 Å². The Balaban J connectivity index is 1.65. The van der Waals surface area contributed by atoms with E-state index in [9.17, 15) is 4.79 Å². The minimum Gasteiger partial charge on any atom is -0.493 e. The van der Waals surface area contributed by atoms with Crippen LogP contribution in [0.5, 0.6) is 11.5 Å². The van der Waals surface area contributed by atoms with Crippen LogP contribution >= 0.6 is 0 Å². The van der Waals surface area contributed by atoms with Gasteiger partial charge in [0.05, 0.1) is 14.2 Å². The average molecular weight is 390 g/mol. The highest BCUT2D eigenvalue weighted by molar-refractivity contribution is 5.91. The predicted molar refractivity (Wildman–Crippen MR) is 117 cm³/mol. The van der Waals surface area contributed by atoms with Gasteiger partial charge in [-0.2, -0.15) is 0 Å². The zero-order valence-electron chi connectivity index (χ0n) is 16.8. The number of carbonyl (C=O) groups is 1. The van der Waals surface area contributed by atoms with E-state index in [0.29, 0.717) is 30.2 Å². The van der Waals surface area contributed by atoms with Gasteiger partial charge in [-0.1, -0.05) is 48.5 Å². The summed E-state index contributed by atoms with van der Waals surface area (Å²) in [5.41, 5.74) is 2.98. The Labute approximate surface area is 171 Å². The van der Waals surface area contributed by atoms with Crippen molar-refractivity contribution in [2.24, 2.45) is 0 Å². The molecule has 0 bridgehead atoms. The first-order valence-electron chi connectivity index (χ1n) is 9.55. The van der Waals surface area contributed by atoms with Crippen molar-refractivity contribution < 1.29 is 14.3 Å². The zero-order chi connectivity index (χ0) is 20.5. The number of carbonyl (C=O) groups excluding carboxylic acids is 1. The third-order valence-corrected chi connectivity index (χ3v) is 4.61. The third-order valence-electron chi connectivity index (χ3n) is 4.61. The molecule has 5 nitrogen and oxygen atoms in total. The third kappa shape index (κ3) is 5.75. The summed E-state index contributed by atoms with van der Waals surface area (Å²) >= 11 is 0. The number of anilines is 2. The SMILES string of the molecule is COc1ccc(NC(=O)CCN(Cc2ccccc2)c2ccccc2)cc1OC. The number of nitrogens with zero attached hydrogens (tertiary/aromatic N) is 1. The molecule has 150 valence electrons. The highest BCUT2D eigenvalue weighted by Crippen LogP contribution is 2.29. The van der Waals surface area contributed by atoms with Crippen LogP contribution in [0, 0.1) is 0 Å². The van der Waals surface area contributed by atoms with E-state index >= 15 is 0 Å². The van der Waals surface area contributed by atoms with Crippen LogP contribution in [0.3, 0.4) is 0 Å². The summed E-state index contributed by atoms with van der Waals surface area (Å²) < 4.78 is 10.5. The average Bonchev–Trinajstić information content (AvgIpc) is 2.77. The van der Waals surface area contributed by atoms with Crippen molar-refractivity contribution in [3.05, 3.63) is 84.4 Å². The van der Waals surface area contributed by atoms with Crippen molar-refractivity contribution in [3.63, 3.8) is 0 Å². The number of amides is 1. The summed E-state index contributed by atoms with van der Waals surface area (Å²) in [7, 11) is 3.16. The van der Waals surface area contributed by atoms with Gasteiger partial charge in [0.15, 0.2) is 11.5 Å². The molecule has 0 aliphatic rings. The van der Waals surface area contributed by atoms with E-state index in [1.807, 2.05) is 36.4 Å². The molecular weight excluding hydrogens is 364 g/mol. The fourth-order valence-electron chi connectivity index (χ4n) is 3.12. The van der Waals surface area contributed by atoms with E-state index in [-0.39, 0.29) is 5.91 Å². The Morgan fingerprint density at radius 2 is 1.52 bits per heavy atom. The van der Waals surface area contributed by atoms with Gasteiger partial charge < -0.3 is 19.7 Å². The molecule has 1 amide bonds. The minimum atomic E-state index is -0.0498. The zero-order valence-corrected chi connectivity index (χ0v) is 16.8. The fraction of sp³-hybridized carbons (Fsp3) is 0.208. The van der Waals surface area contributed by atoms with Crippen LogP contribution < -0.4 is 19.7 Å². The molecule has 3 rings (SSSR count). The minimum absolute atomic E-state index is 0.0498. The Kier molecular flexibility index (Phi) is 7.11. The summed E-state index contributed by atoms with van der Waals surface area (Å²) in [6.45, 7) is 1.35. The number of hydrogen-bond donors (Lipinski definition) is 1. The molecule has 3 aromatic rings. The van der Waals surface area contributed by atoms with E-state index in [2.05, 4.69) is 34.5 Å². The van der Waals surface area contributed by atoms with Gasteiger partial charge in [0.25, 0.3) is 0 Å². The molecule has 0 heterocycles. The van der Waals surface area contributed by atoms with Crippen LogP contribution in [0.2, 0.25) is 0 Å². The summed E-state index contributed by atoms with van der Waals surface area (Å²) in [4.78, 5) is 14.8. The maximum absolute atomic E-state index is 12.5. The van der Waals surface area contributed by atoms with Crippen molar-refractivity contribution >= 4 is 17.3 Å². The van der Waals surface area contributed by atoms with Crippen LogP contribution in [0.25, 0.3) is 0 Å². The molecule has 0 unspecified atom stereocenters. The van der Waals surface area contributed by atoms with Crippen LogP contribution in [0.4, 0.5) is 11.4 Å². The number of nitrogens with one attached hydrogen (secondary N) is 1. The van der Waals surface area contributed by atoms with Gasteiger partial charge in [-0.25, -0.2) is 0 Å². The highest BCUT2D eigenvalue weighted by atomic mass is 16.5. The first kappa shape index (κ1) is 20.3. The maximum Gasteiger partial charge on any atom is 0.226 e. The molecule has 5 heteroatoms. The second-order valence-corrected chi connectivity index (χ2v) is 6.61. The molecule has 3 aromatic carbocycles. The molecule has 0 aliphatic carbocycles. The van der Waals surface area contributed by atoms with Crippen LogP contribution in [-0.2, 0) is 11.3 Å². The summed E-state index contributed by atoms with van der Waals surface area (Å²) in [5.74, 6) is 1.16. The molecule has 0 fully saturated rings. The van der Waals surface area contributed by atoms with Gasteiger partial charge in [-0.05, 0) is 29.8 Å². The van der Waals surface area contributed by atoms with E-state index < -0.39 is 0 Å². The van der Waals surface area contributed by atoms with E-state index in [0.717, 1.165) is 12.2 Å². The van der Waals surface area contributed by atoms with E-state index in [1.54, 1.807) is 32.4 Å². The van der Waals surface area contributed by atoms with E-state index in [1.165, 1.54) is 5.56 Å². The standard InChI is InChI=1S/C24H26N2O3/c1-28-22-14-13-20(17-23(22)29-2)25-24(27)15-16-26(21-11-7-4-8-12-21)18-19-9-5-3-6-10-19/h3-14,17H,15-16,18H2,1-2H3,(H,25,27). The van der Waals surface area contributed by atoms with Crippen molar-refractivity contribution in [2.75, 3.05) is 31.0 Å². The normalized spacial score (nSPS) is 10.3. The van der Waals surface area contributed by atoms with Gasteiger partial charge in [0, 0.05) is 37.0 Å². The van der Waals surface area contributed by atoms with E-state index in [4.69, 9.17) is 9.47 Å². The molecule has 29 heavy (non-hydrogen) atoms. The summed E-state index contributed by atoms with van der Waals surface area (Å²) in [6.07, 6.45) is 0.371. The lowest BCUT2D eigenvalue weighted by molar-refractivity contribution is -0.116. The van der Waals surface area contributed by atoms with Crippen LogP contribution in [0.15, 0.2) is 78.9 Å². The molecule has 0 aliphatic heterocycles. The first-order valence-corrected chi connectivity index (χ1v) is 9.55. The number of rotatable bonds is 9. The Bertz CT molecular complexity index is 914. The lowest BCUT2D eigenvalue weighted by Gasteiger charge is -2.25. The maximum atomic E-state index is 12.5. The molecule has 0 saturated heterocycles. The summed E-state index contributed by atoms with van der Waals surface area (Å²) in [6, 6.07) is 25.7. The second kappa shape index (κ2) is 10.2. The Morgan fingerprint density at radius 1 is 0.862 bits per heavy atom. The molecule has 1 N–H and O–H groups in total. The van der Waals surface area contributed by atoms with Crippen molar-refractivity contribution in [2.45, 2.75) is 13.0 Å². The van der Waals surface area contributed by atoms with Gasteiger partial charge in [0.1, 0.15) is 0 Å². The molecule has 0 spiro atoms. The fourth-order valence-corrected chi connectivity index (χ4v) is 3.12. The molecular formula is C24H26N2O3. The Morgan fingerprint density at radius 3 is 2.17 bits per heavy atom. The largest absolute Gasteiger partial charge is 0.493 e. The number of methoxy groups -OCH3 is 2. The topological polar surface area (TPSA) is 50.8 Å².